The van der Waals surface area contributed by atoms with Gasteiger partial charge in [0.15, 0.2) is 6.61 Å². The normalized spacial score (nSPS) is 17.1. The summed E-state index contributed by atoms with van der Waals surface area (Å²) in [5, 5.41) is 0. The van der Waals surface area contributed by atoms with Gasteiger partial charge in [0, 0.05) is 13.1 Å². The van der Waals surface area contributed by atoms with Crippen LogP contribution in [0.3, 0.4) is 0 Å². The molecular formula is C22H27NO3. The van der Waals surface area contributed by atoms with Crippen LogP contribution < -0.4 is 4.74 Å². The minimum absolute atomic E-state index is 0.0565. The van der Waals surface area contributed by atoms with Gasteiger partial charge in [0.25, 0.3) is 5.91 Å². The van der Waals surface area contributed by atoms with Crippen molar-refractivity contribution in [3.05, 3.63) is 65.7 Å². The van der Waals surface area contributed by atoms with E-state index in [1.807, 2.05) is 54.3 Å². The Bertz CT molecular complexity index is 702. The molecule has 1 aliphatic heterocycles. The van der Waals surface area contributed by atoms with Crippen molar-refractivity contribution in [3.63, 3.8) is 0 Å². The smallest absolute Gasteiger partial charge is 0.260 e. The number of amides is 1. The van der Waals surface area contributed by atoms with Crippen molar-refractivity contribution in [2.75, 3.05) is 26.3 Å². The third-order valence-corrected chi connectivity index (χ3v) is 4.78. The molecule has 3 rings (SSSR count). The molecule has 0 unspecified atom stereocenters. The lowest BCUT2D eigenvalue weighted by Gasteiger charge is -2.32. The van der Waals surface area contributed by atoms with Crippen LogP contribution in [0.25, 0.3) is 0 Å². The lowest BCUT2D eigenvalue weighted by molar-refractivity contribution is -0.135. The number of likely N-dealkylation sites (tertiary alicyclic amines) is 1. The highest BCUT2D eigenvalue weighted by molar-refractivity contribution is 5.77. The molecule has 1 aliphatic rings. The number of aryl methyl sites for hydroxylation is 1. The Morgan fingerprint density at radius 1 is 1.12 bits per heavy atom. The van der Waals surface area contributed by atoms with Gasteiger partial charge in [-0.2, -0.15) is 0 Å². The van der Waals surface area contributed by atoms with Crippen molar-refractivity contribution < 1.29 is 14.3 Å². The van der Waals surface area contributed by atoms with Crippen LogP contribution in [0.1, 0.15) is 24.0 Å². The molecule has 1 amide bonds. The summed E-state index contributed by atoms with van der Waals surface area (Å²) < 4.78 is 11.6. The Labute approximate surface area is 155 Å². The summed E-state index contributed by atoms with van der Waals surface area (Å²) in [7, 11) is 0. The minimum Gasteiger partial charge on any atom is -0.484 e. The maximum Gasteiger partial charge on any atom is 0.260 e. The minimum atomic E-state index is 0.0565. The molecule has 0 radical (unpaired) electrons. The lowest BCUT2D eigenvalue weighted by atomic mass is 9.99. The number of ether oxygens (including phenoxy) is 2. The van der Waals surface area contributed by atoms with Gasteiger partial charge < -0.3 is 14.4 Å². The van der Waals surface area contributed by atoms with Crippen LogP contribution in [0.4, 0.5) is 0 Å². The van der Waals surface area contributed by atoms with Crippen molar-refractivity contribution in [1.82, 2.24) is 4.90 Å². The number of hydrogen-bond acceptors (Lipinski definition) is 3. The fourth-order valence-corrected chi connectivity index (χ4v) is 3.29. The number of hydrogen-bond donors (Lipinski definition) is 0. The summed E-state index contributed by atoms with van der Waals surface area (Å²) in [6, 6.07) is 18.0. The molecule has 138 valence electrons. The number of carbonyl (C=O) groups excluding carboxylic acids is 1. The van der Waals surface area contributed by atoms with E-state index >= 15 is 0 Å². The molecule has 4 nitrogen and oxygen atoms in total. The van der Waals surface area contributed by atoms with Crippen molar-refractivity contribution in [3.8, 4) is 5.75 Å². The standard InChI is InChI=1S/C22H27NO3/c1-18-8-5-6-12-21(18)26-17-22(24)23-13-7-11-20(14-23)16-25-15-19-9-3-2-4-10-19/h2-6,8-10,12,20H,7,11,13-17H2,1H3/t20-/m1/s1. The van der Waals surface area contributed by atoms with Crippen molar-refractivity contribution in [2.24, 2.45) is 5.92 Å². The van der Waals surface area contributed by atoms with E-state index in [0.717, 1.165) is 37.2 Å². The molecule has 4 heteroatoms. The summed E-state index contributed by atoms with van der Waals surface area (Å²) in [6.45, 7) is 4.97. The first-order valence-electron chi connectivity index (χ1n) is 9.30. The molecule has 0 spiro atoms. The van der Waals surface area contributed by atoms with Crippen LogP contribution in [0.5, 0.6) is 5.75 Å². The molecule has 0 bridgehead atoms. The van der Waals surface area contributed by atoms with Crippen molar-refractivity contribution in [2.45, 2.75) is 26.4 Å². The summed E-state index contributed by atoms with van der Waals surface area (Å²) in [4.78, 5) is 14.4. The second-order valence-corrected chi connectivity index (χ2v) is 6.90. The van der Waals surface area contributed by atoms with E-state index in [9.17, 15) is 4.79 Å². The zero-order valence-corrected chi connectivity index (χ0v) is 15.4. The van der Waals surface area contributed by atoms with Crippen LogP contribution in [0.15, 0.2) is 54.6 Å². The fraction of sp³-hybridized carbons (Fsp3) is 0.409. The Kier molecular flexibility index (Phi) is 6.67. The monoisotopic (exact) mass is 353 g/mol. The molecule has 0 saturated carbocycles. The highest BCUT2D eigenvalue weighted by Crippen LogP contribution is 2.19. The summed E-state index contributed by atoms with van der Waals surface area (Å²) in [6.07, 6.45) is 2.13. The summed E-state index contributed by atoms with van der Waals surface area (Å²) in [5.74, 6) is 1.23. The Morgan fingerprint density at radius 2 is 1.88 bits per heavy atom. The van der Waals surface area contributed by atoms with Crippen LogP contribution in [0, 0.1) is 12.8 Å². The predicted molar refractivity (Wildman–Crippen MR) is 102 cm³/mol. The number of rotatable bonds is 7. The Hall–Kier alpha value is -2.33. The van der Waals surface area contributed by atoms with E-state index in [4.69, 9.17) is 9.47 Å². The Balaban J connectivity index is 1.42. The largest absolute Gasteiger partial charge is 0.484 e. The SMILES string of the molecule is Cc1ccccc1OCC(=O)N1CCC[C@@H](COCc2ccccc2)C1. The molecule has 1 fully saturated rings. The second kappa shape index (κ2) is 9.39. The zero-order valence-electron chi connectivity index (χ0n) is 15.4. The fourth-order valence-electron chi connectivity index (χ4n) is 3.29. The number of para-hydroxylation sites is 1. The molecule has 1 saturated heterocycles. The van der Waals surface area contributed by atoms with E-state index in [0.29, 0.717) is 19.1 Å². The van der Waals surface area contributed by atoms with Gasteiger partial charge in [-0.3, -0.25) is 4.79 Å². The number of carbonyl (C=O) groups is 1. The first kappa shape index (κ1) is 18.5. The van der Waals surface area contributed by atoms with Crippen molar-refractivity contribution in [1.29, 1.82) is 0 Å². The topological polar surface area (TPSA) is 38.8 Å². The van der Waals surface area contributed by atoms with Crippen molar-refractivity contribution >= 4 is 5.91 Å². The molecule has 1 atom stereocenters. The van der Waals surface area contributed by atoms with Gasteiger partial charge in [0.05, 0.1) is 13.2 Å². The van der Waals surface area contributed by atoms with Gasteiger partial charge in [0.2, 0.25) is 0 Å². The van der Waals surface area contributed by atoms with Crippen LogP contribution in [-0.4, -0.2) is 37.1 Å². The van der Waals surface area contributed by atoms with Gasteiger partial charge in [-0.25, -0.2) is 0 Å². The molecule has 2 aromatic carbocycles. The number of nitrogens with zero attached hydrogens (tertiary/aromatic N) is 1. The number of benzene rings is 2. The summed E-state index contributed by atoms with van der Waals surface area (Å²) >= 11 is 0. The van der Waals surface area contributed by atoms with Gasteiger partial charge in [-0.1, -0.05) is 48.5 Å². The zero-order chi connectivity index (χ0) is 18.2. The van der Waals surface area contributed by atoms with E-state index in [2.05, 4.69) is 12.1 Å². The van der Waals surface area contributed by atoms with Gasteiger partial charge in [-0.05, 0) is 42.9 Å². The van der Waals surface area contributed by atoms with Gasteiger partial charge in [0.1, 0.15) is 5.75 Å². The molecule has 0 N–H and O–H groups in total. The second-order valence-electron chi connectivity index (χ2n) is 6.90. The quantitative estimate of drug-likeness (QED) is 0.759. The molecule has 1 heterocycles. The predicted octanol–water partition coefficient (Wildman–Crippen LogP) is 3.83. The van der Waals surface area contributed by atoms with Crippen LogP contribution in [0.2, 0.25) is 0 Å². The highest BCUT2D eigenvalue weighted by atomic mass is 16.5. The first-order chi connectivity index (χ1) is 12.7. The van der Waals surface area contributed by atoms with E-state index in [-0.39, 0.29) is 12.5 Å². The summed E-state index contributed by atoms with van der Waals surface area (Å²) in [5.41, 5.74) is 2.23. The highest BCUT2D eigenvalue weighted by Gasteiger charge is 2.24. The maximum absolute atomic E-state index is 12.5. The molecule has 0 aliphatic carbocycles. The average molecular weight is 353 g/mol. The first-order valence-corrected chi connectivity index (χ1v) is 9.30. The number of piperidine rings is 1. The van der Waals surface area contributed by atoms with Gasteiger partial charge >= 0.3 is 0 Å². The van der Waals surface area contributed by atoms with E-state index in [1.165, 1.54) is 5.56 Å². The third kappa shape index (κ3) is 5.33. The van der Waals surface area contributed by atoms with Crippen LogP contribution >= 0.6 is 0 Å². The van der Waals surface area contributed by atoms with E-state index < -0.39 is 0 Å². The molecular weight excluding hydrogens is 326 g/mol. The maximum atomic E-state index is 12.5. The Morgan fingerprint density at radius 3 is 2.69 bits per heavy atom. The van der Waals surface area contributed by atoms with E-state index in [1.54, 1.807) is 0 Å². The third-order valence-electron chi connectivity index (χ3n) is 4.78. The molecule has 26 heavy (non-hydrogen) atoms. The molecule has 0 aromatic heterocycles. The molecule has 2 aromatic rings. The average Bonchev–Trinajstić information content (AvgIpc) is 2.68. The van der Waals surface area contributed by atoms with Crippen LogP contribution in [-0.2, 0) is 16.1 Å². The van der Waals surface area contributed by atoms with Gasteiger partial charge in [-0.15, -0.1) is 0 Å². The lowest BCUT2D eigenvalue weighted by Crippen LogP contribution is -2.43.